The topological polar surface area (TPSA) is 41.0 Å². The van der Waals surface area contributed by atoms with Crippen molar-refractivity contribution in [2.75, 3.05) is 0 Å². The first kappa shape index (κ1) is 7.72. The fourth-order valence-corrected chi connectivity index (χ4v) is 0.844. The van der Waals surface area contributed by atoms with Crippen molar-refractivity contribution in [2.45, 2.75) is 13.8 Å². The molecule has 0 aliphatic heterocycles. The summed E-state index contributed by atoms with van der Waals surface area (Å²) < 4.78 is 0. The normalized spacial score (nSPS) is 11.6. The lowest BCUT2D eigenvalue weighted by Gasteiger charge is -1.94. The van der Waals surface area contributed by atoms with E-state index in [-0.39, 0.29) is 0 Å². The van der Waals surface area contributed by atoms with E-state index in [1.165, 1.54) is 0 Å². The van der Waals surface area contributed by atoms with Crippen molar-refractivity contribution >= 4 is 18.1 Å². The first-order valence-electron chi connectivity index (χ1n) is 3.43. The highest BCUT2D eigenvalue weighted by Crippen LogP contribution is 2.22. The van der Waals surface area contributed by atoms with Gasteiger partial charge in [-0.3, -0.25) is 5.10 Å². The molecular formula is C8H11N3. The molecule has 0 amide bonds. The lowest BCUT2D eigenvalue weighted by molar-refractivity contribution is 1.08. The molecule has 1 N–H and O–H groups in total. The van der Waals surface area contributed by atoms with E-state index >= 15 is 0 Å². The summed E-state index contributed by atoms with van der Waals surface area (Å²) in [4.78, 5) is 3.79. The zero-order valence-corrected chi connectivity index (χ0v) is 6.76. The molecule has 0 atom stereocenters. The van der Waals surface area contributed by atoms with E-state index in [4.69, 9.17) is 0 Å². The second-order valence-corrected chi connectivity index (χ2v) is 2.26. The van der Waals surface area contributed by atoms with Gasteiger partial charge in [-0.2, -0.15) is 5.10 Å². The number of nitrogens with zero attached hydrogens (tertiary/aromatic N) is 2. The van der Waals surface area contributed by atoms with Crippen LogP contribution in [0.25, 0.3) is 5.57 Å². The van der Waals surface area contributed by atoms with Crippen LogP contribution < -0.4 is 0 Å². The van der Waals surface area contributed by atoms with Gasteiger partial charge < -0.3 is 0 Å². The van der Waals surface area contributed by atoms with Gasteiger partial charge in [0.05, 0.1) is 6.20 Å². The van der Waals surface area contributed by atoms with Crippen molar-refractivity contribution in [1.82, 2.24) is 10.2 Å². The van der Waals surface area contributed by atoms with Crippen molar-refractivity contribution in [3.8, 4) is 0 Å². The van der Waals surface area contributed by atoms with Gasteiger partial charge in [0.25, 0.3) is 0 Å². The highest BCUT2D eigenvalue weighted by atomic mass is 15.2. The molecule has 0 unspecified atom stereocenters. The number of aromatic nitrogens is 2. The summed E-state index contributed by atoms with van der Waals surface area (Å²) in [7, 11) is 0. The highest BCUT2D eigenvalue weighted by Gasteiger charge is 2.02. The highest BCUT2D eigenvalue weighted by molar-refractivity contribution is 5.71. The Morgan fingerprint density at radius 2 is 2.55 bits per heavy atom. The number of aromatic amines is 1. The van der Waals surface area contributed by atoms with Crippen LogP contribution in [0, 0.1) is 0 Å². The molecule has 0 spiro atoms. The van der Waals surface area contributed by atoms with E-state index in [2.05, 4.69) is 21.9 Å². The molecule has 1 heterocycles. The van der Waals surface area contributed by atoms with Gasteiger partial charge in [0, 0.05) is 5.56 Å². The minimum absolute atomic E-state index is 0.737. The van der Waals surface area contributed by atoms with Crippen LogP contribution in [0.1, 0.15) is 19.4 Å². The Labute approximate surface area is 65.9 Å². The Morgan fingerprint density at radius 3 is 3.09 bits per heavy atom. The maximum absolute atomic E-state index is 3.86. The summed E-state index contributed by atoms with van der Waals surface area (Å²) in [6.45, 7) is 7.43. The Hall–Kier alpha value is -1.38. The molecule has 3 heteroatoms. The molecule has 1 aromatic heterocycles. The predicted octanol–water partition coefficient (Wildman–Crippen LogP) is 2.17. The summed E-state index contributed by atoms with van der Waals surface area (Å²) in [5.41, 5.74) is 2.17. The van der Waals surface area contributed by atoms with Crippen molar-refractivity contribution in [3.63, 3.8) is 0 Å². The third-order valence-electron chi connectivity index (χ3n) is 1.64. The Bertz CT molecular complexity index is 283. The average molecular weight is 149 g/mol. The molecule has 11 heavy (non-hydrogen) atoms. The molecule has 0 saturated carbocycles. The molecule has 3 nitrogen and oxygen atoms in total. The second-order valence-electron chi connectivity index (χ2n) is 2.26. The number of hydrogen-bond acceptors (Lipinski definition) is 2. The molecule has 0 aliphatic carbocycles. The third-order valence-corrected chi connectivity index (χ3v) is 1.64. The van der Waals surface area contributed by atoms with Gasteiger partial charge in [0.2, 0.25) is 0 Å². The van der Waals surface area contributed by atoms with Crippen LogP contribution in [0.3, 0.4) is 0 Å². The summed E-state index contributed by atoms with van der Waals surface area (Å²) in [5.74, 6) is 0.737. The van der Waals surface area contributed by atoms with E-state index in [9.17, 15) is 0 Å². The number of hydrogen-bond donors (Lipinski definition) is 1. The molecule has 0 aromatic carbocycles. The third kappa shape index (κ3) is 1.37. The van der Waals surface area contributed by atoms with Crippen molar-refractivity contribution in [2.24, 2.45) is 4.99 Å². The van der Waals surface area contributed by atoms with E-state index in [0.717, 1.165) is 17.0 Å². The van der Waals surface area contributed by atoms with E-state index in [1.54, 1.807) is 6.20 Å². The Kier molecular flexibility index (Phi) is 2.21. The first-order chi connectivity index (χ1) is 5.29. The van der Waals surface area contributed by atoms with E-state index in [0.29, 0.717) is 0 Å². The van der Waals surface area contributed by atoms with Crippen LogP contribution in [0.2, 0.25) is 0 Å². The maximum atomic E-state index is 3.86. The molecule has 0 radical (unpaired) electrons. The summed E-state index contributed by atoms with van der Waals surface area (Å²) in [5, 5.41) is 6.61. The summed E-state index contributed by atoms with van der Waals surface area (Å²) in [6, 6.07) is 0. The Balaban J connectivity index is 3.12. The number of allylic oxidation sites excluding steroid dienone is 2. The van der Waals surface area contributed by atoms with Crippen molar-refractivity contribution in [1.29, 1.82) is 0 Å². The molecule has 0 bridgehead atoms. The van der Waals surface area contributed by atoms with Crippen LogP contribution in [0.5, 0.6) is 0 Å². The number of rotatable bonds is 2. The van der Waals surface area contributed by atoms with Gasteiger partial charge in [-0.15, -0.1) is 0 Å². The number of H-pyrrole nitrogens is 1. The second kappa shape index (κ2) is 3.14. The maximum Gasteiger partial charge on any atom is 0.154 e. The van der Waals surface area contributed by atoms with E-state index in [1.807, 2.05) is 19.9 Å². The first-order valence-corrected chi connectivity index (χ1v) is 3.43. The van der Waals surface area contributed by atoms with Crippen LogP contribution in [-0.2, 0) is 0 Å². The number of aliphatic imine (C=N–C) groups is 1. The van der Waals surface area contributed by atoms with Gasteiger partial charge in [0.15, 0.2) is 5.82 Å². The smallest absolute Gasteiger partial charge is 0.154 e. The van der Waals surface area contributed by atoms with Gasteiger partial charge in [-0.1, -0.05) is 6.08 Å². The van der Waals surface area contributed by atoms with Gasteiger partial charge in [-0.25, -0.2) is 4.99 Å². The molecule has 0 fully saturated rings. The Morgan fingerprint density at radius 1 is 1.82 bits per heavy atom. The van der Waals surface area contributed by atoms with Gasteiger partial charge in [-0.05, 0) is 26.1 Å². The molecule has 0 saturated heterocycles. The molecular weight excluding hydrogens is 138 g/mol. The zero-order chi connectivity index (χ0) is 8.27. The lowest BCUT2D eigenvalue weighted by Crippen LogP contribution is -1.73. The van der Waals surface area contributed by atoms with E-state index < -0.39 is 0 Å². The fourth-order valence-electron chi connectivity index (χ4n) is 0.844. The number of nitrogens with one attached hydrogen (secondary N) is 1. The van der Waals surface area contributed by atoms with Gasteiger partial charge >= 0.3 is 0 Å². The molecule has 58 valence electrons. The predicted molar refractivity (Wildman–Crippen MR) is 47.1 cm³/mol. The summed E-state index contributed by atoms with van der Waals surface area (Å²) >= 11 is 0. The molecule has 0 aliphatic rings. The quantitative estimate of drug-likeness (QED) is 0.643. The van der Waals surface area contributed by atoms with Crippen LogP contribution >= 0.6 is 0 Å². The minimum atomic E-state index is 0.737. The lowest BCUT2D eigenvalue weighted by atomic mass is 10.1. The van der Waals surface area contributed by atoms with Crippen LogP contribution in [-0.4, -0.2) is 16.9 Å². The fraction of sp³-hybridized carbons (Fsp3) is 0.250. The SMILES string of the molecule is C=Nc1[nH]ncc1/C(C)=C\C. The van der Waals surface area contributed by atoms with Crippen LogP contribution in [0.15, 0.2) is 17.3 Å². The standard InChI is InChI=1S/C8H11N3/c1-4-6(2)7-5-10-11-8(7)9-3/h4-5H,3H2,1-2H3,(H,10,11)/b6-4-. The van der Waals surface area contributed by atoms with Gasteiger partial charge in [0.1, 0.15) is 0 Å². The minimum Gasteiger partial charge on any atom is -0.261 e. The van der Waals surface area contributed by atoms with Crippen molar-refractivity contribution in [3.05, 3.63) is 17.8 Å². The zero-order valence-electron chi connectivity index (χ0n) is 6.76. The molecule has 1 aromatic rings. The molecule has 1 rings (SSSR count). The largest absolute Gasteiger partial charge is 0.261 e. The summed E-state index contributed by atoms with van der Waals surface area (Å²) in [6.07, 6.45) is 3.76. The van der Waals surface area contributed by atoms with Crippen LogP contribution in [0.4, 0.5) is 5.82 Å². The van der Waals surface area contributed by atoms with Crippen molar-refractivity contribution < 1.29 is 0 Å². The monoisotopic (exact) mass is 149 g/mol. The average Bonchev–Trinajstić information content (AvgIpc) is 2.50.